The number of allylic oxidation sites excluding steroid dienone is 1. The van der Waals surface area contributed by atoms with Gasteiger partial charge < -0.3 is 14.7 Å². The SMILES string of the molecule is CC1(C)OC2CCC(OC(F)(F)F)CC2[C@@H](N2CC3=C(CCC=C3)C2=O)[C@@H]1O. The Kier molecular flexibility index (Phi) is 4.87. The number of nitrogens with zero attached hydrogens (tertiary/aromatic N) is 1. The Labute approximate surface area is 162 Å². The molecule has 1 amide bonds. The van der Waals surface area contributed by atoms with Gasteiger partial charge in [-0.1, -0.05) is 12.2 Å². The van der Waals surface area contributed by atoms with Crippen molar-refractivity contribution in [1.82, 2.24) is 4.90 Å². The zero-order chi connectivity index (χ0) is 20.3. The van der Waals surface area contributed by atoms with Gasteiger partial charge in [0.25, 0.3) is 5.91 Å². The maximum absolute atomic E-state index is 13.1. The average molecular weight is 401 g/mol. The number of halogens is 3. The summed E-state index contributed by atoms with van der Waals surface area (Å²) in [5.74, 6) is -0.517. The fraction of sp³-hybridized carbons (Fsp3) is 0.750. The van der Waals surface area contributed by atoms with Gasteiger partial charge in [0.2, 0.25) is 0 Å². The highest BCUT2D eigenvalue weighted by molar-refractivity contribution is 5.98. The van der Waals surface area contributed by atoms with Gasteiger partial charge in [-0.05, 0) is 51.5 Å². The Morgan fingerprint density at radius 2 is 2.07 bits per heavy atom. The van der Waals surface area contributed by atoms with Crippen LogP contribution in [0.25, 0.3) is 0 Å². The largest absolute Gasteiger partial charge is 0.522 e. The van der Waals surface area contributed by atoms with E-state index in [1.165, 1.54) is 0 Å². The van der Waals surface area contributed by atoms with Crippen molar-refractivity contribution in [3.05, 3.63) is 23.3 Å². The molecule has 0 aromatic rings. The quantitative estimate of drug-likeness (QED) is 0.773. The van der Waals surface area contributed by atoms with E-state index in [4.69, 9.17) is 4.74 Å². The molecule has 156 valence electrons. The van der Waals surface area contributed by atoms with E-state index in [1.807, 2.05) is 12.2 Å². The number of aliphatic hydroxyl groups excluding tert-OH is 1. The van der Waals surface area contributed by atoms with Gasteiger partial charge in [0.1, 0.15) is 6.10 Å². The molecule has 2 aliphatic carbocycles. The van der Waals surface area contributed by atoms with E-state index in [0.717, 1.165) is 17.6 Å². The molecule has 2 heterocycles. The van der Waals surface area contributed by atoms with Crippen LogP contribution < -0.4 is 0 Å². The summed E-state index contributed by atoms with van der Waals surface area (Å²) in [4.78, 5) is 14.7. The lowest BCUT2D eigenvalue weighted by Gasteiger charge is -2.54. The van der Waals surface area contributed by atoms with Gasteiger partial charge >= 0.3 is 6.36 Å². The molecule has 4 rings (SSSR count). The van der Waals surface area contributed by atoms with Gasteiger partial charge in [0, 0.05) is 18.0 Å². The Balaban J connectivity index is 1.61. The molecule has 0 spiro atoms. The third-order valence-electron chi connectivity index (χ3n) is 6.50. The van der Waals surface area contributed by atoms with Crippen LogP contribution in [0.4, 0.5) is 13.2 Å². The van der Waals surface area contributed by atoms with E-state index in [1.54, 1.807) is 18.7 Å². The van der Waals surface area contributed by atoms with E-state index >= 15 is 0 Å². The number of carbonyl (C=O) groups is 1. The molecule has 2 aliphatic heterocycles. The minimum Gasteiger partial charge on any atom is -0.388 e. The van der Waals surface area contributed by atoms with Crippen LogP contribution in [-0.4, -0.2) is 58.8 Å². The van der Waals surface area contributed by atoms with Gasteiger partial charge in [-0.15, -0.1) is 13.2 Å². The first-order chi connectivity index (χ1) is 13.1. The topological polar surface area (TPSA) is 59.0 Å². The Morgan fingerprint density at radius 1 is 1.32 bits per heavy atom. The molecule has 1 saturated heterocycles. The summed E-state index contributed by atoms with van der Waals surface area (Å²) in [7, 11) is 0. The molecule has 5 nitrogen and oxygen atoms in total. The van der Waals surface area contributed by atoms with Gasteiger partial charge in [-0.3, -0.25) is 9.53 Å². The maximum Gasteiger partial charge on any atom is 0.522 e. The molecular formula is C20H26F3NO4. The number of carbonyl (C=O) groups excluding carboxylic acids is 1. The second kappa shape index (κ2) is 6.85. The zero-order valence-corrected chi connectivity index (χ0v) is 16.0. The number of rotatable bonds is 2. The summed E-state index contributed by atoms with van der Waals surface area (Å²) >= 11 is 0. The Morgan fingerprint density at radius 3 is 2.75 bits per heavy atom. The molecule has 0 aromatic heterocycles. The van der Waals surface area contributed by atoms with Crippen LogP contribution in [0.3, 0.4) is 0 Å². The highest BCUT2D eigenvalue weighted by Crippen LogP contribution is 2.45. The number of aliphatic hydroxyl groups is 1. The number of fused-ring (bicyclic) bond motifs is 1. The zero-order valence-electron chi connectivity index (χ0n) is 16.0. The van der Waals surface area contributed by atoms with Crippen molar-refractivity contribution in [2.45, 2.75) is 82.3 Å². The highest BCUT2D eigenvalue weighted by Gasteiger charge is 2.55. The second-order valence-electron chi connectivity index (χ2n) is 8.74. The van der Waals surface area contributed by atoms with E-state index in [2.05, 4.69) is 4.74 Å². The standard InChI is InChI=1S/C20H26F3NO4/c1-19(2)17(25)16(24-10-11-5-3-4-6-13(11)18(24)26)14-9-12(27-20(21,22)23)7-8-15(14)28-19/h3,5,12,14-17,25H,4,6-10H2,1-2H3/t12?,14?,15?,16-,17+/m1/s1. The van der Waals surface area contributed by atoms with Crippen LogP contribution in [0.5, 0.6) is 0 Å². The normalized spacial score (nSPS) is 37.9. The number of alkyl halides is 3. The first kappa shape index (κ1) is 19.9. The molecule has 1 N–H and O–H groups in total. The van der Waals surface area contributed by atoms with Gasteiger partial charge in [-0.25, -0.2) is 0 Å². The summed E-state index contributed by atoms with van der Waals surface area (Å²) in [6.07, 6.45) is -0.797. The number of hydrogen-bond acceptors (Lipinski definition) is 4. The molecule has 4 aliphatic rings. The molecule has 0 radical (unpaired) electrons. The molecule has 1 saturated carbocycles. The van der Waals surface area contributed by atoms with Crippen LogP contribution in [0.2, 0.25) is 0 Å². The lowest BCUT2D eigenvalue weighted by molar-refractivity contribution is -0.352. The van der Waals surface area contributed by atoms with Crippen molar-refractivity contribution >= 4 is 5.91 Å². The van der Waals surface area contributed by atoms with Crippen LogP contribution in [0.15, 0.2) is 23.3 Å². The minimum atomic E-state index is -4.70. The minimum absolute atomic E-state index is 0.103. The van der Waals surface area contributed by atoms with Gasteiger partial charge in [0.05, 0.1) is 23.9 Å². The Hall–Kier alpha value is -1.38. The first-order valence-electron chi connectivity index (χ1n) is 9.87. The molecule has 2 fully saturated rings. The predicted molar refractivity (Wildman–Crippen MR) is 94.1 cm³/mol. The van der Waals surface area contributed by atoms with E-state index < -0.39 is 36.1 Å². The lowest BCUT2D eigenvalue weighted by atomic mass is 9.72. The van der Waals surface area contributed by atoms with Gasteiger partial charge in [0.15, 0.2) is 0 Å². The van der Waals surface area contributed by atoms with E-state index in [0.29, 0.717) is 19.4 Å². The monoisotopic (exact) mass is 401 g/mol. The van der Waals surface area contributed by atoms with E-state index in [-0.39, 0.29) is 24.9 Å². The third-order valence-corrected chi connectivity index (χ3v) is 6.50. The van der Waals surface area contributed by atoms with Crippen molar-refractivity contribution in [2.24, 2.45) is 5.92 Å². The number of hydrogen-bond donors (Lipinski definition) is 1. The smallest absolute Gasteiger partial charge is 0.388 e. The van der Waals surface area contributed by atoms with Crippen molar-refractivity contribution in [2.75, 3.05) is 6.54 Å². The summed E-state index contributed by atoms with van der Waals surface area (Å²) < 4.78 is 48.6. The number of ether oxygens (including phenoxy) is 2. The van der Waals surface area contributed by atoms with Crippen LogP contribution in [-0.2, 0) is 14.3 Å². The lowest BCUT2D eigenvalue weighted by Crippen LogP contribution is -2.66. The fourth-order valence-corrected chi connectivity index (χ4v) is 5.22. The van der Waals surface area contributed by atoms with Crippen molar-refractivity contribution in [1.29, 1.82) is 0 Å². The van der Waals surface area contributed by atoms with Crippen molar-refractivity contribution in [3.63, 3.8) is 0 Å². The first-order valence-corrected chi connectivity index (χ1v) is 9.87. The predicted octanol–water partition coefficient (Wildman–Crippen LogP) is 3.09. The number of amides is 1. The molecule has 5 atom stereocenters. The van der Waals surface area contributed by atoms with E-state index in [9.17, 15) is 23.1 Å². The average Bonchev–Trinajstić information content (AvgIpc) is 2.92. The van der Waals surface area contributed by atoms with Crippen LogP contribution in [0.1, 0.15) is 46.0 Å². The summed E-state index contributed by atoms with van der Waals surface area (Å²) in [5, 5.41) is 11.0. The Bertz CT molecular complexity index is 715. The third kappa shape index (κ3) is 3.50. The van der Waals surface area contributed by atoms with Gasteiger partial charge in [-0.2, -0.15) is 0 Å². The molecule has 8 heteroatoms. The van der Waals surface area contributed by atoms with Crippen molar-refractivity contribution in [3.8, 4) is 0 Å². The molecular weight excluding hydrogens is 375 g/mol. The molecule has 28 heavy (non-hydrogen) atoms. The van der Waals surface area contributed by atoms with Crippen LogP contribution >= 0.6 is 0 Å². The summed E-state index contributed by atoms with van der Waals surface area (Å²) in [6.45, 7) is 3.93. The van der Waals surface area contributed by atoms with Crippen molar-refractivity contribution < 1.29 is 32.5 Å². The molecule has 0 aromatic carbocycles. The molecule has 3 unspecified atom stereocenters. The summed E-state index contributed by atoms with van der Waals surface area (Å²) in [6, 6.07) is -0.597. The second-order valence-corrected chi connectivity index (χ2v) is 8.74. The molecule has 0 bridgehead atoms. The fourth-order valence-electron chi connectivity index (χ4n) is 5.22. The maximum atomic E-state index is 13.1. The highest BCUT2D eigenvalue weighted by atomic mass is 19.4. The van der Waals surface area contributed by atoms with Crippen LogP contribution in [0, 0.1) is 5.92 Å². The summed E-state index contributed by atoms with van der Waals surface area (Å²) in [5.41, 5.74) is 0.820.